The maximum Gasteiger partial charge on any atom is 0.225 e. The van der Waals surface area contributed by atoms with Crippen LogP contribution in [0.5, 0.6) is 0 Å². The number of piperidine rings is 1. The van der Waals surface area contributed by atoms with Crippen molar-refractivity contribution in [3.8, 4) is 0 Å². The molecule has 2 fully saturated rings. The summed E-state index contributed by atoms with van der Waals surface area (Å²) in [6, 6.07) is 0. The lowest BCUT2D eigenvalue weighted by atomic mass is 9.90. The second kappa shape index (κ2) is 5.85. The van der Waals surface area contributed by atoms with Crippen LogP contribution in [-0.2, 0) is 4.79 Å². The van der Waals surface area contributed by atoms with Gasteiger partial charge < -0.3 is 10.0 Å². The van der Waals surface area contributed by atoms with Gasteiger partial charge in [-0.1, -0.05) is 19.8 Å². The Morgan fingerprint density at radius 1 is 1.29 bits per heavy atom. The first-order chi connectivity index (χ1) is 8.22. The smallest absolute Gasteiger partial charge is 0.225 e. The Bertz CT molecular complexity index is 261. The van der Waals surface area contributed by atoms with Crippen LogP contribution < -0.4 is 0 Å². The molecule has 2 rings (SSSR count). The second-order valence-electron chi connectivity index (χ2n) is 5.81. The van der Waals surface area contributed by atoms with Crippen molar-refractivity contribution < 1.29 is 9.90 Å². The highest BCUT2D eigenvalue weighted by Crippen LogP contribution is 2.32. The van der Waals surface area contributed by atoms with Gasteiger partial charge in [-0.15, -0.1) is 0 Å². The molecule has 0 radical (unpaired) electrons. The van der Waals surface area contributed by atoms with Gasteiger partial charge in [0, 0.05) is 25.6 Å². The molecular formula is C14H25NO2. The molecule has 2 unspecified atom stereocenters. The van der Waals surface area contributed by atoms with Gasteiger partial charge in [0.25, 0.3) is 0 Å². The van der Waals surface area contributed by atoms with Crippen molar-refractivity contribution in [3.63, 3.8) is 0 Å². The summed E-state index contributed by atoms with van der Waals surface area (Å²) in [6.45, 7) is 3.99. The number of nitrogens with zero attached hydrogens (tertiary/aromatic N) is 1. The SMILES string of the molecule is CC(C(=O)N1CCCC(CO)C1)C1CCCC1. The average molecular weight is 239 g/mol. The molecule has 1 heterocycles. The molecule has 1 amide bonds. The van der Waals surface area contributed by atoms with Crippen LogP contribution in [0.4, 0.5) is 0 Å². The normalized spacial score (nSPS) is 28.4. The van der Waals surface area contributed by atoms with E-state index in [0.717, 1.165) is 25.9 Å². The Morgan fingerprint density at radius 3 is 2.65 bits per heavy atom. The van der Waals surface area contributed by atoms with Crippen LogP contribution in [0, 0.1) is 17.8 Å². The molecule has 1 saturated carbocycles. The monoisotopic (exact) mass is 239 g/mol. The summed E-state index contributed by atoms with van der Waals surface area (Å²) >= 11 is 0. The number of carbonyl (C=O) groups is 1. The lowest BCUT2D eigenvalue weighted by Crippen LogP contribution is -2.44. The molecule has 98 valence electrons. The highest BCUT2D eigenvalue weighted by molar-refractivity contribution is 5.79. The van der Waals surface area contributed by atoms with E-state index in [-0.39, 0.29) is 12.5 Å². The Labute approximate surface area is 104 Å². The fraction of sp³-hybridized carbons (Fsp3) is 0.929. The van der Waals surface area contributed by atoms with Gasteiger partial charge in [0.05, 0.1) is 0 Å². The lowest BCUT2D eigenvalue weighted by Gasteiger charge is -2.34. The molecule has 2 atom stereocenters. The van der Waals surface area contributed by atoms with Crippen LogP contribution in [-0.4, -0.2) is 35.6 Å². The Hall–Kier alpha value is -0.570. The number of amides is 1. The van der Waals surface area contributed by atoms with Crippen LogP contribution in [0.15, 0.2) is 0 Å². The van der Waals surface area contributed by atoms with E-state index in [1.54, 1.807) is 0 Å². The molecule has 1 aliphatic carbocycles. The van der Waals surface area contributed by atoms with Crippen molar-refractivity contribution in [2.45, 2.75) is 45.4 Å². The molecule has 0 bridgehead atoms. The Balaban J connectivity index is 1.89. The molecule has 0 spiro atoms. The summed E-state index contributed by atoms with van der Waals surface area (Å²) < 4.78 is 0. The van der Waals surface area contributed by atoms with E-state index >= 15 is 0 Å². The van der Waals surface area contributed by atoms with Crippen LogP contribution in [0.1, 0.15) is 45.4 Å². The van der Waals surface area contributed by atoms with Crippen LogP contribution in [0.3, 0.4) is 0 Å². The number of aliphatic hydroxyl groups excluding tert-OH is 1. The molecule has 3 nitrogen and oxygen atoms in total. The standard InChI is InChI=1S/C14H25NO2/c1-11(13-6-2-3-7-13)14(17)15-8-4-5-12(9-15)10-16/h11-13,16H,2-10H2,1H3. The molecule has 3 heteroatoms. The van der Waals surface area contributed by atoms with E-state index in [1.807, 2.05) is 4.90 Å². The van der Waals surface area contributed by atoms with E-state index in [9.17, 15) is 9.90 Å². The van der Waals surface area contributed by atoms with Gasteiger partial charge in [-0.05, 0) is 37.5 Å². The zero-order valence-electron chi connectivity index (χ0n) is 10.9. The zero-order chi connectivity index (χ0) is 12.3. The highest BCUT2D eigenvalue weighted by Gasteiger charge is 2.32. The molecule has 17 heavy (non-hydrogen) atoms. The quantitative estimate of drug-likeness (QED) is 0.819. The van der Waals surface area contributed by atoms with Gasteiger partial charge in [0.1, 0.15) is 0 Å². The molecular weight excluding hydrogens is 214 g/mol. The average Bonchev–Trinajstić information content (AvgIpc) is 2.91. The minimum Gasteiger partial charge on any atom is -0.396 e. The third-order valence-electron chi connectivity index (χ3n) is 4.59. The summed E-state index contributed by atoms with van der Waals surface area (Å²) in [6.07, 6.45) is 7.16. The molecule has 2 aliphatic rings. The summed E-state index contributed by atoms with van der Waals surface area (Å²) in [5.74, 6) is 1.44. The highest BCUT2D eigenvalue weighted by atomic mass is 16.3. The van der Waals surface area contributed by atoms with Crippen LogP contribution in [0.25, 0.3) is 0 Å². The molecule has 1 aliphatic heterocycles. The van der Waals surface area contributed by atoms with Crippen molar-refractivity contribution in [3.05, 3.63) is 0 Å². The fourth-order valence-corrected chi connectivity index (χ4v) is 3.36. The van der Waals surface area contributed by atoms with Crippen LogP contribution >= 0.6 is 0 Å². The number of aliphatic hydroxyl groups is 1. The first-order valence-corrected chi connectivity index (χ1v) is 7.12. The van der Waals surface area contributed by atoms with E-state index < -0.39 is 0 Å². The third-order valence-corrected chi connectivity index (χ3v) is 4.59. The predicted molar refractivity (Wildman–Crippen MR) is 67.5 cm³/mol. The van der Waals surface area contributed by atoms with Gasteiger partial charge in [-0.2, -0.15) is 0 Å². The molecule has 0 aromatic rings. The van der Waals surface area contributed by atoms with E-state index in [4.69, 9.17) is 0 Å². The summed E-state index contributed by atoms with van der Waals surface area (Å²) in [7, 11) is 0. The van der Waals surface area contributed by atoms with Crippen molar-refractivity contribution in [2.24, 2.45) is 17.8 Å². The van der Waals surface area contributed by atoms with E-state index in [1.165, 1.54) is 25.7 Å². The number of rotatable bonds is 3. The Kier molecular flexibility index (Phi) is 4.43. The number of carbonyl (C=O) groups excluding carboxylic acids is 1. The maximum atomic E-state index is 12.4. The van der Waals surface area contributed by atoms with Crippen molar-refractivity contribution >= 4 is 5.91 Å². The number of likely N-dealkylation sites (tertiary alicyclic amines) is 1. The minimum atomic E-state index is 0.190. The summed E-state index contributed by atoms with van der Waals surface area (Å²) in [5.41, 5.74) is 0. The van der Waals surface area contributed by atoms with Crippen molar-refractivity contribution in [1.29, 1.82) is 0 Å². The van der Waals surface area contributed by atoms with Gasteiger partial charge in [-0.3, -0.25) is 4.79 Å². The Morgan fingerprint density at radius 2 is 2.00 bits per heavy atom. The van der Waals surface area contributed by atoms with E-state index in [0.29, 0.717) is 17.7 Å². The lowest BCUT2D eigenvalue weighted by molar-refractivity contribution is -0.138. The molecule has 0 aromatic heterocycles. The molecule has 1 saturated heterocycles. The van der Waals surface area contributed by atoms with Gasteiger partial charge >= 0.3 is 0 Å². The predicted octanol–water partition coefficient (Wildman–Crippen LogP) is 2.04. The van der Waals surface area contributed by atoms with Crippen molar-refractivity contribution in [2.75, 3.05) is 19.7 Å². The zero-order valence-corrected chi connectivity index (χ0v) is 10.9. The number of hydrogen-bond acceptors (Lipinski definition) is 2. The fourth-order valence-electron chi connectivity index (χ4n) is 3.36. The van der Waals surface area contributed by atoms with Gasteiger partial charge in [0.2, 0.25) is 5.91 Å². The van der Waals surface area contributed by atoms with Crippen molar-refractivity contribution in [1.82, 2.24) is 4.90 Å². The molecule has 0 aromatic carbocycles. The summed E-state index contributed by atoms with van der Waals surface area (Å²) in [5, 5.41) is 9.20. The second-order valence-corrected chi connectivity index (χ2v) is 5.81. The largest absolute Gasteiger partial charge is 0.396 e. The third kappa shape index (κ3) is 3.01. The van der Waals surface area contributed by atoms with Gasteiger partial charge in [-0.25, -0.2) is 0 Å². The first-order valence-electron chi connectivity index (χ1n) is 7.12. The maximum absolute atomic E-state index is 12.4. The first kappa shape index (κ1) is 12.9. The minimum absolute atomic E-state index is 0.190. The van der Waals surface area contributed by atoms with Crippen LogP contribution in [0.2, 0.25) is 0 Å². The van der Waals surface area contributed by atoms with Gasteiger partial charge in [0.15, 0.2) is 0 Å². The molecule has 1 N–H and O–H groups in total. The van der Waals surface area contributed by atoms with E-state index in [2.05, 4.69) is 6.92 Å². The number of hydrogen-bond donors (Lipinski definition) is 1. The topological polar surface area (TPSA) is 40.5 Å². The summed E-state index contributed by atoms with van der Waals surface area (Å²) in [4.78, 5) is 14.4.